The lowest BCUT2D eigenvalue weighted by Crippen LogP contribution is -2.27. The minimum atomic E-state index is -3.90. The van der Waals surface area contributed by atoms with Gasteiger partial charge in [-0.05, 0) is 36.8 Å². The van der Waals surface area contributed by atoms with Crippen LogP contribution < -0.4 is 10.5 Å². The molecule has 0 bridgehead atoms. The molecule has 0 radical (unpaired) electrons. The average Bonchev–Trinajstić information content (AvgIpc) is 2.41. The number of rotatable bonds is 4. The van der Waals surface area contributed by atoms with Gasteiger partial charge in [0.1, 0.15) is 10.7 Å². The Morgan fingerprint density at radius 2 is 1.81 bits per heavy atom. The van der Waals surface area contributed by atoms with Crippen molar-refractivity contribution >= 4 is 31.6 Å². The third-order valence-corrected chi connectivity index (χ3v) is 5.13. The van der Waals surface area contributed by atoms with E-state index in [1.165, 1.54) is 12.1 Å². The van der Waals surface area contributed by atoms with Crippen LogP contribution in [-0.2, 0) is 10.0 Å². The highest BCUT2D eigenvalue weighted by Gasteiger charge is 2.22. The largest absolute Gasteiger partial charge is 0.395 e. The summed E-state index contributed by atoms with van der Waals surface area (Å²) in [4.78, 5) is -0.258. The predicted molar refractivity (Wildman–Crippen MR) is 83.7 cm³/mol. The fraction of sp³-hybridized carbons (Fsp3) is 0.143. The first kappa shape index (κ1) is 15.9. The summed E-state index contributed by atoms with van der Waals surface area (Å²) in [6, 6.07) is 10.5. The minimum Gasteiger partial charge on any atom is -0.395 e. The van der Waals surface area contributed by atoms with Crippen LogP contribution in [-0.4, -0.2) is 8.42 Å². The molecule has 2 aromatic carbocycles. The van der Waals surface area contributed by atoms with Gasteiger partial charge in [0.05, 0.1) is 5.69 Å². The monoisotopic (exact) mass is 372 g/mol. The van der Waals surface area contributed by atoms with Gasteiger partial charge < -0.3 is 5.73 Å². The summed E-state index contributed by atoms with van der Waals surface area (Å²) < 4.78 is 41.4. The molecule has 0 amide bonds. The SMILES string of the molecule is C[C@H](NS(=O)(=O)c1cccc(F)c1N)c1ccc(Br)cc1. The Morgan fingerprint density at radius 3 is 2.43 bits per heavy atom. The van der Waals surface area contributed by atoms with Crippen LogP contribution in [0.2, 0.25) is 0 Å². The Balaban J connectivity index is 2.29. The Kier molecular flexibility index (Phi) is 4.65. The van der Waals surface area contributed by atoms with Crippen molar-refractivity contribution in [1.82, 2.24) is 4.72 Å². The van der Waals surface area contributed by atoms with Gasteiger partial charge in [-0.3, -0.25) is 0 Å². The van der Waals surface area contributed by atoms with Crippen molar-refractivity contribution in [2.24, 2.45) is 0 Å². The van der Waals surface area contributed by atoms with Gasteiger partial charge in [0.2, 0.25) is 10.0 Å². The molecule has 0 aliphatic carbocycles. The molecular weight excluding hydrogens is 359 g/mol. The molecule has 21 heavy (non-hydrogen) atoms. The van der Waals surface area contributed by atoms with Crippen LogP contribution in [0.5, 0.6) is 0 Å². The summed E-state index contributed by atoms with van der Waals surface area (Å²) in [6.45, 7) is 1.70. The highest BCUT2D eigenvalue weighted by Crippen LogP contribution is 2.24. The van der Waals surface area contributed by atoms with Crippen LogP contribution in [0.15, 0.2) is 51.8 Å². The van der Waals surface area contributed by atoms with E-state index >= 15 is 0 Å². The van der Waals surface area contributed by atoms with E-state index in [0.29, 0.717) is 0 Å². The van der Waals surface area contributed by atoms with E-state index in [2.05, 4.69) is 20.7 Å². The molecule has 0 aromatic heterocycles. The summed E-state index contributed by atoms with van der Waals surface area (Å²) in [5.41, 5.74) is 5.91. The van der Waals surface area contributed by atoms with Crippen molar-refractivity contribution in [2.45, 2.75) is 17.9 Å². The first-order chi connectivity index (χ1) is 9.81. The molecule has 0 aliphatic rings. The maximum Gasteiger partial charge on any atom is 0.243 e. The first-order valence-corrected chi connectivity index (χ1v) is 8.40. The number of nitrogens with one attached hydrogen (secondary N) is 1. The molecule has 0 unspecified atom stereocenters. The molecule has 0 fully saturated rings. The molecule has 1 atom stereocenters. The molecule has 0 heterocycles. The van der Waals surface area contributed by atoms with Gasteiger partial charge in [0, 0.05) is 10.5 Å². The zero-order valence-corrected chi connectivity index (χ0v) is 13.6. The summed E-state index contributed by atoms with van der Waals surface area (Å²) in [6.07, 6.45) is 0. The standard InChI is InChI=1S/C14H14BrFN2O2S/c1-9(10-5-7-11(15)8-6-10)18-21(19,20)13-4-2-3-12(16)14(13)17/h2-9,18H,17H2,1H3/t9-/m0/s1. The van der Waals surface area contributed by atoms with Crippen LogP contribution in [0.25, 0.3) is 0 Å². The third-order valence-electron chi connectivity index (χ3n) is 3.00. The lowest BCUT2D eigenvalue weighted by molar-refractivity contribution is 0.565. The van der Waals surface area contributed by atoms with Crippen LogP contribution in [0.3, 0.4) is 0 Å². The van der Waals surface area contributed by atoms with E-state index in [-0.39, 0.29) is 10.6 Å². The summed E-state index contributed by atoms with van der Waals surface area (Å²) >= 11 is 3.31. The van der Waals surface area contributed by atoms with Gasteiger partial charge in [0.15, 0.2) is 0 Å². The van der Waals surface area contributed by atoms with Gasteiger partial charge in [-0.2, -0.15) is 0 Å². The highest BCUT2D eigenvalue weighted by molar-refractivity contribution is 9.10. The summed E-state index contributed by atoms with van der Waals surface area (Å²) in [5.74, 6) is -0.755. The van der Waals surface area contributed by atoms with E-state index in [0.717, 1.165) is 16.1 Å². The highest BCUT2D eigenvalue weighted by atomic mass is 79.9. The second kappa shape index (κ2) is 6.13. The van der Waals surface area contributed by atoms with Crippen molar-refractivity contribution in [3.8, 4) is 0 Å². The number of halogens is 2. The first-order valence-electron chi connectivity index (χ1n) is 6.13. The minimum absolute atomic E-state index is 0.258. The molecular formula is C14H14BrFN2O2S. The average molecular weight is 373 g/mol. The van der Waals surface area contributed by atoms with Gasteiger partial charge in [0.25, 0.3) is 0 Å². The third kappa shape index (κ3) is 3.61. The quantitative estimate of drug-likeness (QED) is 0.809. The number of nitrogens with two attached hydrogens (primary N) is 1. The molecule has 3 N–H and O–H groups in total. The number of sulfonamides is 1. The molecule has 7 heteroatoms. The lowest BCUT2D eigenvalue weighted by Gasteiger charge is -2.16. The number of nitrogen functional groups attached to an aromatic ring is 1. The van der Waals surface area contributed by atoms with Crippen molar-refractivity contribution in [3.63, 3.8) is 0 Å². The summed E-state index contributed by atoms with van der Waals surface area (Å²) in [7, 11) is -3.90. The number of hydrogen-bond donors (Lipinski definition) is 2. The Morgan fingerprint density at radius 1 is 1.19 bits per heavy atom. The van der Waals surface area contributed by atoms with Crippen LogP contribution in [0.4, 0.5) is 10.1 Å². The number of anilines is 1. The lowest BCUT2D eigenvalue weighted by atomic mass is 10.1. The van der Waals surface area contributed by atoms with E-state index in [4.69, 9.17) is 5.73 Å². The van der Waals surface area contributed by atoms with E-state index in [1.54, 1.807) is 19.1 Å². The van der Waals surface area contributed by atoms with Crippen molar-refractivity contribution in [3.05, 3.63) is 58.3 Å². The molecule has 112 valence electrons. The Hall–Kier alpha value is -1.44. The maximum absolute atomic E-state index is 13.4. The molecule has 2 aromatic rings. The van der Waals surface area contributed by atoms with E-state index in [9.17, 15) is 12.8 Å². The molecule has 2 rings (SSSR count). The van der Waals surface area contributed by atoms with Crippen LogP contribution >= 0.6 is 15.9 Å². The predicted octanol–water partition coefficient (Wildman–Crippen LogP) is 3.21. The smallest absolute Gasteiger partial charge is 0.243 e. The number of benzene rings is 2. The fourth-order valence-corrected chi connectivity index (χ4v) is 3.50. The van der Waals surface area contributed by atoms with Crippen molar-refractivity contribution in [1.29, 1.82) is 0 Å². The molecule has 0 spiro atoms. The Labute approximate surface area is 131 Å². The number of para-hydroxylation sites is 1. The van der Waals surface area contributed by atoms with E-state index < -0.39 is 21.9 Å². The molecule has 4 nitrogen and oxygen atoms in total. The Bertz CT molecular complexity index is 748. The van der Waals surface area contributed by atoms with E-state index in [1.807, 2.05) is 12.1 Å². The zero-order chi connectivity index (χ0) is 15.6. The van der Waals surface area contributed by atoms with Gasteiger partial charge in [-0.15, -0.1) is 0 Å². The molecule has 0 saturated carbocycles. The zero-order valence-electron chi connectivity index (χ0n) is 11.2. The summed E-state index contributed by atoms with van der Waals surface area (Å²) in [5, 5.41) is 0. The fourth-order valence-electron chi connectivity index (χ4n) is 1.87. The van der Waals surface area contributed by atoms with Crippen LogP contribution in [0, 0.1) is 5.82 Å². The van der Waals surface area contributed by atoms with Gasteiger partial charge in [-0.1, -0.05) is 34.1 Å². The maximum atomic E-state index is 13.4. The molecule has 0 aliphatic heterocycles. The van der Waals surface area contributed by atoms with Gasteiger partial charge in [-0.25, -0.2) is 17.5 Å². The second-order valence-corrected chi connectivity index (χ2v) is 7.14. The number of hydrogen-bond acceptors (Lipinski definition) is 3. The normalized spacial score (nSPS) is 13.1. The topological polar surface area (TPSA) is 72.2 Å². The molecule has 0 saturated heterocycles. The van der Waals surface area contributed by atoms with Crippen molar-refractivity contribution in [2.75, 3.05) is 5.73 Å². The van der Waals surface area contributed by atoms with Crippen LogP contribution in [0.1, 0.15) is 18.5 Å². The second-order valence-electron chi connectivity index (χ2n) is 4.55. The van der Waals surface area contributed by atoms with Crippen molar-refractivity contribution < 1.29 is 12.8 Å². The van der Waals surface area contributed by atoms with Gasteiger partial charge >= 0.3 is 0 Å².